The number of hydrogen-bond acceptors (Lipinski definition) is 3. The Labute approximate surface area is 109 Å². The number of aliphatic hydroxyl groups is 1. The van der Waals surface area contributed by atoms with Crippen LogP contribution in [0.2, 0.25) is 4.34 Å². The van der Waals surface area contributed by atoms with Crippen molar-refractivity contribution in [3.63, 3.8) is 0 Å². The molecule has 1 aliphatic rings. The molecule has 1 N–H and O–H groups in total. The Kier molecular flexibility index (Phi) is 2.94. The van der Waals surface area contributed by atoms with E-state index >= 15 is 0 Å². The van der Waals surface area contributed by atoms with Gasteiger partial charge < -0.3 is 9.67 Å². The maximum Gasteiger partial charge on any atom is 0.109 e. The van der Waals surface area contributed by atoms with Crippen molar-refractivity contribution >= 4 is 22.9 Å². The van der Waals surface area contributed by atoms with Crippen LogP contribution in [0.15, 0.2) is 18.3 Å². The van der Waals surface area contributed by atoms with E-state index in [0.717, 1.165) is 40.1 Å². The van der Waals surface area contributed by atoms with Crippen LogP contribution in [-0.2, 0) is 13.0 Å². The lowest BCUT2D eigenvalue weighted by atomic mass is 9.99. The molecule has 1 unspecified atom stereocenters. The molecule has 0 saturated heterocycles. The summed E-state index contributed by atoms with van der Waals surface area (Å²) in [6, 6.07) is 3.90. The Balaban J connectivity index is 1.92. The van der Waals surface area contributed by atoms with Crippen LogP contribution in [0.25, 0.3) is 10.6 Å². The Morgan fingerprint density at radius 2 is 2.41 bits per heavy atom. The van der Waals surface area contributed by atoms with E-state index in [0.29, 0.717) is 5.92 Å². The smallest absolute Gasteiger partial charge is 0.109 e. The first-order valence-electron chi connectivity index (χ1n) is 5.69. The maximum atomic E-state index is 9.19. The van der Waals surface area contributed by atoms with Crippen LogP contribution in [0, 0.1) is 5.92 Å². The predicted molar refractivity (Wildman–Crippen MR) is 69.4 cm³/mol. The van der Waals surface area contributed by atoms with E-state index in [1.807, 2.05) is 12.1 Å². The molecule has 1 atom stereocenters. The molecule has 2 aromatic rings. The molecule has 0 aliphatic carbocycles. The predicted octanol–water partition coefficient (Wildman–Crippen LogP) is 2.82. The van der Waals surface area contributed by atoms with E-state index in [-0.39, 0.29) is 6.61 Å². The van der Waals surface area contributed by atoms with Crippen molar-refractivity contribution in [1.29, 1.82) is 0 Å². The van der Waals surface area contributed by atoms with Crippen LogP contribution >= 0.6 is 22.9 Å². The number of thiophene rings is 1. The lowest BCUT2D eigenvalue weighted by molar-refractivity contribution is 0.199. The second kappa shape index (κ2) is 4.44. The summed E-state index contributed by atoms with van der Waals surface area (Å²) in [6.45, 7) is 1.21. The molecule has 0 fully saturated rings. The van der Waals surface area contributed by atoms with Crippen molar-refractivity contribution in [2.75, 3.05) is 6.61 Å². The molecule has 0 amide bonds. The van der Waals surface area contributed by atoms with Crippen LogP contribution in [0.4, 0.5) is 0 Å². The van der Waals surface area contributed by atoms with Crippen LogP contribution in [0.3, 0.4) is 0 Å². The number of aryl methyl sites for hydroxylation is 1. The summed E-state index contributed by atoms with van der Waals surface area (Å²) in [4.78, 5) is 5.74. The third-order valence-electron chi connectivity index (χ3n) is 3.19. The van der Waals surface area contributed by atoms with Gasteiger partial charge in [-0.25, -0.2) is 4.98 Å². The van der Waals surface area contributed by atoms with Crippen LogP contribution in [0.1, 0.15) is 12.2 Å². The van der Waals surface area contributed by atoms with Crippen molar-refractivity contribution in [1.82, 2.24) is 9.55 Å². The highest BCUT2D eigenvalue weighted by atomic mass is 35.5. The molecule has 1 aliphatic heterocycles. The molecule has 0 spiro atoms. The van der Waals surface area contributed by atoms with Gasteiger partial charge in [0.05, 0.1) is 14.9 Å². The molecule has 3 nitrogen and oxygen atoms in total. The SMILES string of the molecule is OCC1CCn2cc(-c3ccc(Cl)s3)nc2C1. The summed E-state index contributed by atoms with van der Waals surface area (Å²) in [5.41, 5.74) is 0.996. The lowest BCUT2D eigenvalue weighted by Crippen LogP contribution is -2.21. The number of halogens is 1. The van der Waals surface area contributed by atoms with Crippen LogP contribution in [0.5, 0.6) is 0 Å². The van der Waals surface area contributed by atoms with E-state index in [1.165, 1.54) is 0 Å². The van der Waals surface area contributed by atoms with Gasteiger partial charge in [-0.3, -0.25) is 0 Å². The van der Waals surface area contributed by atoms with E-state index in [1.54, 1.807) is 11.3 Å². The monoisotopic (exact) mass is 268 g/mol. The fourth-order valence-electron chi connectivity index (χ4n) is 2.22. The number of hydrogen-bond donors (Lipinski definition) is 1. The van der Waals surface area contributed by atoms with Crippen LogP contribution < -0.4 is 0 Å². The van der Waals surface area contributed by atoms with Crippen molar-refractivity contribution in [2.24, 2.45) is 5.92 Å². The Bertz CT molecular complexity index is 534. The largest absolute Gasteiger partial charge is 0.396 e. The third kappa shape index (κ3) is 2.12. The summed E-state index contributed by atoms with van der Waals surface area (Å²) < 4.78 is 2.98. The highest BCUT2D eigenvalue weighted by Crippen LogP contribution is 2.31. The molecule has 17 heavy (non-hydrogen) atoms. The molecule has 0 bridgehead atoms. The number of aromatic nitrogens is 2. The molecule has 0 radical (unpaired) electrons. The highest BCUT2D eigenvalue weighted by Gasteiger charge is 2.20. The first-order valence-corrected chi connectivity index (χ1v) is 6.88. The number of rotatable bonds is 2. The molecule has 90 valence electrons. The first kappa shape index (κ1) is 11.3. The fourth-order valence-corrected chi connectivity index (χ4v) is 3.22. The normalized spacial score (nSPS) is 19.3. The molecule has 0 aromatic carbocycles. The average molecular weight is 269 g/mol. The van der Waals surface area contributed by atoms with E-state index < -0.39 is 0 Å². The highest BCUT2D eigenvalue weighted by molar-refractivity contribution is 7.19. The van der Waals surface area contributed by atoms with E-state index in [9.17, 15) is 5.11 Å². The average Bonchev–Trinajstić information content (AvgIpc) is 2.93. The van der Waals surface area contributed by atoms with E-state index in [2.05, 4.69) is 15.7 Å². The zero-order valence-electron chi connectivity index (χ0n) is 9.27. The second-order valence-corrected chi connectivity index (χ2v) is 6.10. The van der Waals surface area contributed by atoms with Gasteiger partial charge in [0.25, 0.3) is 0 Å². The summed E-state index contributed by atoms with van der Waals surface area (Å²) in [7, 11) is 0. The summed E-state index contributed by atoms with van der Waals surface area (Å²) in [5, 5.41) is 9.19. The maximum absolute atomic E-state index is 9.19. The number of fused-ring (bicyclic) bond motifs is 1. The standard InChI is InChI=1S/C12H13ClN2OS/c13-11-2-1-10(17-11)9-6-15-4-3-8(7-16)5-12(15)14-9/h1-2,6,8,16H,3-5,7H2. The minimum atomic E-state index is 0.257. The van der Waals surface area contributed by atoms with Gasteiger partial charge in [-0.2, -0.15) is 0 Å². The summed E-state index contributed by atoms with van der Waals surface area (Å²) in [5.74, 6) is 1.44. The van der Waals surface area contributed by atoms with Gasteiger partial charge in [0.1, 0.15) is 5.82 Å². The third-order valence-corrected chi connectivity index (χ3v) is 4.45. The van der Waals surface area contributed by atoms with Gasteiger partial charge in [-0.15, -0.1) is 11.3 Å². The molecule has 5 heteroatoms. The summed E-state index contributed by atoms with van der Waals surface area (Å²) in [6.07, 6.45) is 3.99. The number of nitrogens with zero attached hydrogens (tertiary/aromatic N) is 2. The van der Waals surface area contributed by atoms with Crippen molar-refractivity contribution in [2.45, 2.75) is 19.4 Å². The zero-order valence-corrected chi connectivity index (χ0v) is 10.8. The van der Waals surface area contributed by atoms with Crippen molar-refractivity contribution < 1.29 is 5.11 Å². The Morgan fingerprint density at radius 3 is 3.12 bits per heavy atom. The molecule has 3 rings (SSSR count). The quantitative estimate of drug-likeness (QED) is 0.910. The zero-order chi connectivity index (χ0) is 11.8. The molecule has 0 saturated carbocycles. The Morgan fingerprint density at radius 1 is 1.53 bits per heavy atom. The van der Waals surface area contributed by atoms with Gasteiger partial charge in [0.2, 0.25) is 0 Å². The van der Waals surface area contributed by atoms with Crippen molar-refractivity contribution in [3.8, 4) is 10.6 Å². The number of imidazole rings is 1. The van der Waals surface area contributed by atoms with Crippen LogP contribution in [-0.4, -0.2) is 21.3 Å². The fraction of sp³-hybridized carbons (Fsp3) is 0.417. The van der Waals surface area contributed by atoms with Crippen molar-refractivity contribution in [3.05, 3.63) is 28.5 Å². The van der Waals surface area contributed by atoms with Gasteiger partial charge in [-0.05, 0) is 24.5 Å². The minimum Gasteiger partial charge on any atom is -0.396 e. The topological polar surface area (TPSA) is 38.0 Å². The first-order chi connectivity index (χ1) is 8.26. The number of aliphatic hydroxyl groups excluding tert-OH is 1. The van der Waals surface area contributed by atoms with Gasteiger partial charge in [0, 0.05) is 25.8 Å². The molecule has 2 aromatic heterocycles. The van der Waals surface area contributed by atoms with E-state index in [4.69, 9.17) is 11.6 Å². The molecule has 3 heterocycles. The molecular weight excluding hydrogens is 256 g/mol. The second-order valence-electron chi connectivity index (χ2n) is 4.38. The van der Waals surface area contributed by atoms with Gasteiger partial charge >= 0.3 is 0 Å². The molecular formula is C12H13ClN2OS. The minimum absolute atomic E-state index is 0.257. The Hall–Kier alpha value is -0.840. The lowest BCUT2D eigenvalue weighted by Gasteiger charge is -2.20. The summed E-state index contributed by atoms with van der Waals surface area (Å²) >= 11 is 7.48. The van der Waals surface area contributed by atoms with Gasteiger partial charge in [-0.1, -0.05) is 11.6 Å². The van der Waals surface area contributed by atoms with Gasteiger partial charge in [0.15, 0.2) is 0 Å².